The Morgan fingerprint density at radius 1 is 1.30 bits per heavy atom. The monoisotopic (exact) mass is 332 g/mol. The van der Waals surface area contributed by atoms with Gasteiger partial charge in [0, 0.05) is 23.7 Å². The van der Waals surface area contributed by atoms with Gasteiger partial charge in [0.1, 0.15) is 0 Å². The molecule has 5 nitrogen and oxygen atoms in total. The molecule has 2 rings (SSSR count). The smallest absolute Gasteiger partial charge is 0.213 e. The van der Waals surface area contributed by atoms with Crippen LogP contribution in [0.15, 0.2) is 40.8 Å². The second-order valence-corrected chi connectivity index (χ2v) is 6.33. The summed E-state index contributed by atoms with van der Waals surface area (Å²) in [7, 11) is 0. The maximum absolute atomic E-state index is 5.54. The summed E-state index contributed by atoms with van der Waals surface area (Å²) in [5, 5.41) is 8.66. The summed E-state index contributed by atoms with van der Waals surface area (Å²) in [4.78, 5) is 10.2. The van der Waals surface area contributed by atoms with Crippen LogP contribution in [0.2, 0.25) is 0 Å². The molecule has 0 aliphatic rings. The van der Waals surface area contributed by atoms with Gasteiger partial charge in [-0.3, -0.25) is 0 Å². The number of aliphatic imine (C=N–C) groups is 1. The summed E-state index contributed by atoms with van der Waals surface area (Å²) in [6.45, 7) is 8.22. The zero-order valence-corrected chi connectivity index (χ0v) is 14.7. The standard InChI is InChI=1S/C17H24N4OS/c1-4-18-17(21-12-15-6-5-9-23-15)20-11-14-7-8-16(19-10-14)22-13(2)3/h5-10,13H,4,11-12H2,1-3H3,(H2,18,20,21). The molecule has 2 N–H and O–H groups in total. The Labute approximate surface area is 141 Å². The zero-order chi connectivity index (χ0) is 16.5. The van der Waals surface area contributed by atoms with Gasteiger partial charge in [-0.05, 0) is 37.8 Å². The Morgan fingerprint density at radius 3 is 2.78 bits per heavy atom. The molecule has 0 saturated heterocycles. The number of nitrogens with zero attached hydrogens (tertiary/aromatic N) is 2. The molecule has 0 radical (unpaired) electrons. The number of hydrogen-bond donors (Lipinski definition) is 2. The van der Waals surface area contributed by atoms with E-state index in [9.17, 15) is 0 Å². The first-order valence-corrected chi connectivity index (χ1v) is 8.71. The quantitative estimate of drug-likeness (QED) is 0.604. The van der Waals surface area contributed by atoms with Gasteiger partial charge in [-0.1, -0.05) is 12.1 Å². The molecule has 0 atom stereocenters. The van der Waals surface area contributed by atoms with Crippen molar-refractivity contribution in [2.45, 2.75) is 40.0 Å². The van der Waals surface area contributed by atoms with E-state index in [2.05, 4.69) is 45.0 Å². The second-order valence-electron chi connectivity index (χ2n) is 5.30. The Balaban J connectivity index is 1.91. The molecule has 6 heteroatoms. The van der Waals surface area contributed by atoms with Crippen molar-refractivity contribution in [1.82, 2.24) is 15.6 Å². The van der Waals surface area contributed by atoms with E-state index in [1.54, 1.807) is 11.3 Å². The van der Waals surface area contributed by atoms with Crippen LogP contribution in [0.25, 0.3) is 0 Å². The van der Waals surface area contributed by atoms with E-state index in [4.69, 9.17) is 4.74 Å². The molecule has 0 aliphatic carbocycles. The number of hydrogen-bond acceptors (Lipinski definition) is 4. The van der Waals surface area contributed by atoms with E-state index >= 15 is 0 Å². The molecule has 0 unspecified atom stereocenters. The van der Waals surface area contributed by atoms with E-state index in [-0.39, 0.29) is 6.10 Å². The molecule has 0 fully saturated rings. The van der Waals surface area contributed by atoms with Gasteiger partial charge in [0.2, 0.25) is 5.88 Å². The molecule has 124 valence electrons. The van der Waals surface area contributed by atoms with Crippen LogP contribution in [0.4, 0.5) is 0 Å². The molecular weight excluding hydrogens is 308 g/mol. The van der Waals surface area contributed by atoms with Crippen LogP contribution in [0, 0.1) is 0 Å². The number of aromatic nitrogens is 1. The van der Waals surface area contributed by atoms with Crippen molar-refractivity contribution in [2.24, 2.45) is 4.99 Å². The Morgan fingerprint density at radius 2 is 2.17 bits per heavy atom. The predicted molar refractivity (Wildman–Crippen MR) is 96.0 cm³/mol. The number of rotatable bonds is 7. The van der Waals surface area contributed by atoms with Crippen molar-refractivity contribution >= 4 is 17.3 Å². The molecule has 0 spiro atoms. The van der Waals surface area contributed by atoms with Crippen LogP contribution in [0.1, 0.15) is 31.2 Å². The molecule has 0 aromatic carbocycles. The van der Waals surface area contributed by atoms with Gasteiger partial charge in [0.05, 0.1) is 19.2 Å². The summed E-state index contributed by atoms with van der Waals surface area (Å²) >= 11 is 1.73. The predicted octanol–water partition coefficient (Wildman–Crippen LogP) is 3.19. The molecule has 0 bridgehead atoms. The third-order valence-electron chi connectivity index (χ3n) is 2.93. The van der Waals surface area contributed by atoms with E-state index in [1.165, 1.54) is 4.88 Å². The average Bonchev–Trinajstić information content (AvgIpc) is 3.04. The summed E-state index contributed by atoms with van der Waals surface area (Å²) in [5.74, 6) is 1.46. The molecular formula is C17H24N4OS. The van der Waals surface area contributed by atoms with Crippen LogP contribution >= 0.6 is 11.3 Å². The minimum Gasteiger partial charge on any atom is -0.475 e. The summed E-state index contributed by atoms with van der Waals surface area (Å²) in [5.41, 5.74) is 1.05. The van der Waals surface area contributed by atoms with Crippen LogP contribution in [0.5, 0.6) is 5.88 Å². The molecule has 0 saturated carbocycles. The fraction of sp³-hybridized carbons (Fsp3) is 0.412. The summed E-state index contributed by atoms with van der Waals surface area (Å²) < 4.78 is 5.54. The van der Waals surface area contributed by atoms with Gasteiger partial charge in [-0.25, -0.2) is 9.98 Å². The highest BCUT2D eigenvalue weighted by atomic mass is 32.1. The van der Waals surface area contributed by atoms with Crippen molar-refractivity contribution < 1.29 is 4.74 Å². The van der Waals surface area contributed by atoms with E-state index < -0.39 is 0 Å². The van der Waals surface area contributed by atoms with Gasteiger partial charge in [0.25, 0.3) is 0 Å². The minimum atomic E-state index is 0.133. The SMILES string of the molecule is CCNC(=NCc1ccc(OC(C)C)nc1)NCc1cccs1. The van der Waals surface area contributed by atoms with E-state index in [1.807, 2.05) is 32.2 Å². The van der Waals surface area contributed by atoms with Gasteiger partial charge in [-0.2, -0.15) is 0 Å². The molecule has 23 heavy (non-hydrogen) atoms. The van der Waals surface area contributed by atoms with Gasteiger partial charge in [0.15, 0.2) is 5.96 Å². The number of thiophene rings is 1. The molecule has 0 aliphatic heterocycles. The van der Waals surface area contributed by atoms with Crippen molar-refractivity contribution in [3.8, 4) is 5.88 Å². The first-order chi connectivity index (χ1) is 11.2. The number of pyridine rings is 1. The number of ether oxygens (including phenoxy) is 1. The van der Waals surface area contributed by atoms with Crippen molar-refractivity contribution in [3.63, 3.8) is 0 Å². The lowest BCUT2D eigenvalue weighted by Crippen LogP contribution is -2.36. The normalized spacial score (nSPS) is 11.6. The fourth-order valence-corrected chi connectivity index (χ4v) is 2.56. The van der Waals surface area contributed by atoms with Crippen molar-refractivity contribution in [3.05, 3.63) is 46.3 Å². The van der Waals surface area contributed by atoms with Crippen LogP contribution in [-0.2, 0) is 13.1 Å². The third-order valence-corrected chi connectivity index (χ3v) is 3.80. The van der Waals surface area contributed by atoms with Crippen LogP contribution in [0.3, 0.4) is 0 Å². The maximum atomic E-state index is 5.54. The number of guanidine groups is 1. The van der Waals surface area contributed by atoms with E-state index in [0.717, 1.165) is 24.6 Å². The Hall–Kier alpha value is -2.08. The summed E-state index contributed by atoms with van der Waals surface area (Å²) in [6, 6.07) is 8.05. The average molecular weight is 332 g/mol. The molecule has 0 amide bonds. The highest BCUT2D eigenvalue weighted by molar-refractivity contribution is 7.09. The van der Waals surface area contributed by atoms with Crippen LogP contribution < -0.4 is 15.4 Å². The Kier molecular flexibility index (Phi) is 6.87. The topological polar surface area (TPSA) is 58.5 Å². The maximum Gasteiger partial charge on any atom is 0.213 e. The third kappa shape index (κ3) is 6.28. The second kappa shape index (κ2) is 9.15. The first-order valence-electron chi connectivity index (χ1n) is 7.83. The molecule has 2 aromatic heterocycles. The largest absolute Gasteiger partial charge is 0.475 e. The lowest BCUT2D eigenvalue weighted by atomic mass is 10.3. The minimum absolute atomic E-state index is 0.133. The first kappa shape index (κ1) is 17.3. The van der Waals surface area contributed by atoms with Gasteiger partial charge < -0.3 is 15.4 Å². The van der Waals surface area contributed by atoms with Gasteiger partial charge >= 0.3 is 0 Å². The molecule has 2 aromatic rings. The van der Waals surface area contributed by atoms with Crippen LogP contribution in [-0.4, -0.2) is 23.6 Å². The molecule has 2 heterocycles. The highest BCUT2D eigenvalue weighted by Gasteiger charge is 2.01. The highest BCUT2D eigenvalue weighted by Crippen LogP contribution is 2.10. The lowest BCUT2D eigenvalue weighted by molar-refractivity contribution is 0.232. The lowest BCUT2D eigenvalue weighted by Gasteiger charge is -2.11. The Bertz CT molecular complexity index is 594. The van der Waals surface area contributed by atoms with Crippen molar-refractivity contribution in [2.75, 3.05) is 6.54 Å². The number of nitrogens with one attached hydrogen (secondary N) is 2. The van der Waals surface area contributed by atoms with Gasteiger partial charge in [-0.15, -0.1) is 11.3 Å². The zero-order valence-electron chi connectivity index (χ0n) is 13.9. The van der Waals surface area contributed by atoms with Crippen molar-refractivity contribution in [1.29, 1.82) is 0 Å². The summed E-state index contributed by atoms with van der Waals surface area (Å²) in [6.07, 6.45) is 1.94. The van der Waals surface area contributed by atoms with E-state index in [0.29, 0.717) is 12.4 Å². The fourth-order valence-electron chi connectivity index (χ4n) is 1.91.